The SMILES string of the molecule is FC(F)(F)C1(c2cn3nc(Cl)cc(C4(C(F)(F)F)CC4)c3n2)CC1. The van der Waals surface area contributed by atoms with E-state index in [-0.39, 0.29) is 47.7 Å². The number of alkyl halides is 6. The van der Waals surface area contributed by atoms with E-state index in [1.165, 1.54) is 0 Å². The molecule has 0 bridgehead atoms. The summed E-state index contributed by atoms with van der Waals surface area (Å²) >= 11 is 5.79. The van der Waals surface area contributed by atoms with Gasteiger partial charge >= 0.3 is 12.4 Å². The normalized spacial score (nSPS) is 22.0. The van der Waals surface area contributed by atoms with Crippen LogP contribution < -0.4 is 0 Å². The van der Waals surface area contributed by atoms with Crippen molar-refractivity contribution in [1.82, 2.24) is 14.6 Å². The molecule has 0 amide bonds. The zero-order chi connectivity index (χ0) is 17.5. The summed E-state index contributed by atoms with van der Waals surface area (Å²) in [5.41, 5.74) is -4.90. The van der Waals surface area contributed by atoms with Crippen LogP contribution in [0.1, 0.15) is 36.9 Å². The summed E-state index contributed by atoms with van der Waals surface area (Å²) in [4.78, 5) is 3.90. The zero-order valence-corrected chi connectivity index (χ0v) is 12.7. The molecule has 0 atom stereocenters. The fourth-order valence-corrected chi connectivity index (χ4v) is 3.36. The number of rotatable bonds is 2. The van der Waals surface area contributed by atoms with Gasteiger partial charge in [-0.25, -0.2) is 9.50 Å². The first-order chi connectivity index (χ1) is 11.0. The molecule has 0 radical (unpaired) electrons. The summed E-state index contributed by atoms with van der Waals surface area (Å²) in [5, 5.41) is 3.57. The average Bonchev–Trinajstić information content (AvgIpc) is 3.31. The van der Waals surface area contributed by atoms with Crippen LogP contribution in [0, 0.1) is 0 Å². The Balaban J connectivity index is 1.92. The van der Waals surface area contributed by atoms with Crippen molar-refractivity contribution in [3.05, 3.63) is 28.7 Å². The third-order valence-corrected chi connectivity index (χ3v) is 5.17. The van der Waals surface area contributed by atoms with E-state index in [4.69, 9.17) is 11.6 Å². The van der Waals surface area contributed by atoms with Gasteiger partial charge in [-0.3, -0.25) is 0 Å². The van der Waals surface area contributed by atoms with Crippen molar-refractivity contribution in [3.8, 4) is 0 Å². The van der Waals surface area contributed by atoms with Crippen LogP contribution in [0.5, 0.6) is 0 Å². The molecule has 2 aromatic heterocycles. The highest BCUT2D eigenvalue weighted by molar-refractivity contribution is 6.29. The smallest absolute Gasteiger partial charge is 0.231 e. The Kier molecular flexibility index (Phi) is 2.90. The highest BCUT2D eigenvalue weighted by atomic mass is 35.5. The van der Waals surface area contributed by atoms with E-state index in [1.807, 2.05) is 0 Å². The first-order valence-electron chi connectivity index (χ1n) is 7.21. The van der Waals surface area contributed by atoms with Gasteiger partial charge in [0, 0.05) is 5.56 Å². The van der Waals surface area contributed by atoms with Crippen LogP contribution in [0.25, 0.3) is 5.65 Å². The molecule has 2 saturated carbocycles. The quantitative estimate of drug-likeness (QED) is 0.726. The third kappa shape index (κ3) is 1.99. The summed E-state index contributed by atoms with van der Waals surface area (Å²) in [5.74, 6) is 0. The van der Waals surface area contributed by atoms with Gasteiger partial charge in [0.2, 0.25) is 0 Å². The minimum Gasteiger partial charge on any atom is -0.231 e. The Bertz CT molecular complexity index is 829. The van der Waals surface area contributed by atoms with Crippen molar-refractivity contribution in [3.63, 3.8) is 0 Å². The van der Waals surface area contributed by atoms with E-state index in [9.17, 15) is 26.3 Å². The van der Waals surface area contributed by atoms with Gasteiger partial charge in [-0.1, -0.05) is 11.6 Å². The molecular formula is C14H10ClF6N3. The summed E-state index contributed by atoms with van der Waals surface area (Å²) in [7, 11) is 0. The van der Waals surface area contributed by atoms with Gasteiger partial charge < -0.3 is 0 Å². The number of hydrogen-bond acceptors (Lipinski definition) is 2. The molecule has 3 nitrogen and oxygen atoms in total. The Morgan fingerprint density at radius 2 is 1.50 bits per heavy atom. The van der Waals surface area contributed by atoms with Crippen LogP contribution in [0.2, 0.25) is 5.15 Å². The second-order valence-corrected chi connectivity index (χ2v) is 6.82. The minimum absolute atomic E-state index is 0.131. The van der Waals surface area contributed by atoms with E-state index in [2.05, 4.69) is 10.1 Å². The predicted octanol–water partition coefficient (Wildman–Crippen LogP) is 4.57. The van der Waals surface area contributed by atoms with Crippen LogP contribution >= 0.6 is 11.6 Å². The monoisotopic (exact) mass is 369 g/mol. The van der Waals surface area contributed by atoms with Gasteiger partial charge in [-0.05, 0) is 31.7 Å². The molecule has 2 aliphatic carbocycles. The largest absolute Gasteiger partial charge is 0.400 e. The third-order valence-electron chi connectivity index (χ3n) is 4.99. The number of halogens is 7. The summed E-state index contributed by atoms with van der Waals surface area (Å²) in [6.07, 6.45) is -8.53. The molecule has 24 heavy (non-hydrogen) atoms. The number of hydrogen-bond donors (Lipinski definition) is 0. The Morgan fingerprint density at radius 3 is 1.96 bits per heavy atom. The topological polar surface area (TPSA) is 30.2 Å². The minimum atomic E-state index is -4.52. The molecular weight excluding hydrogens is 360 g/mol. The number of nitrogens with zero attached hydrogens (tertiary/aromatic N) is 3. The standard InChI is InChI=1S/C14H10ClF6N3/c15-9-5-7(11(1-2-11)13(16,17)18)10-22-8(6-24(10)23-9)12(3-4-12)14(19,20)21/h5-6H,1-4H2. The molecule has 2 aromatic rings. The van der Waals surface area contributed by atoms with Crippen molar-refractivity contribution in [2.24, 2.45) is 0 Å². The summed E-state index contributed by atoms with van der Waals surface area (Å²) in [6, 6.07) is 1.06. The van der Waals surface area contributed by atoms with Crippen LogP contribution in [-0.2, 0) is 10.8 Å². The van der Waals surface area contributed by atoms with Crippen LogP contribution in [0.4, 0.5) is 26.3 Å². The van der Waals surface area contributed by atoms with Gasteiger partial charge in [0.05, 0.1) is 17.3 Å². The number of fused-ring (bicyclic) bond motifs is 1. The molecule has 130 valence electrons. The molecule has 0 saturated heterocycles. The lowest BCUT2D eigenvalue weighted by Crippen LogP contribution is -2.30. The molecule has 2 aliphatic rings. The van der Waals surface area contributed by atoms with E-state index >= 15 is 0 Å². The summed E-state index contributed by atoms with van der Waals surface area (Å²) in [6.45, 7) is 0. The molecule has 2 heterocycles. The molecule has 0 N–H and O–H groups in total. The van der Waals surface area contributed by atoms with E-state index in [0.29, 0.717) is 0 Å². The van der Waals surface area contributed by atoms with Crippen LogP contribution in [0.15, 0.2) is 12.3 Å². The highest BCUT2D eigenvalue weighted by Crippen LogP contribution is 2.61. The second-order valence-electron chi connectivity index (χ2n) is 6.43. The molecule has 10 heteroatoms. The molecule has 4 rings (SSSR count). The summed E-state index contributed by atoms with van der Waals surface area (Å²) < 4.78 is 80.9. The molecule has 0 aromatic carbocycles. The predicted molar refractivity (Wildman–Crippen MR) is 71.9 cm³/mol. The van der Waals surface area contributed by atoms with Crippen molar-refractivity contribution < 1.29 is 26.3 Å². The van der Waals surface area contributed by atoms with E-state index < -0.39 is 23.2 Å². The average molecular weight is 370 g/mol. The Labute approximate surface area is 136 Å². The van der Waals surface area contributed by atoms with Crippen molar-refractivity contribution >= 4 is 17.2 Å². The number of aromatic nitrogens is 3. The second kappa shape index (κ2) is 4.36. The maximum Gasteiger partial charge on any atom is 0.400 e. The maximum absolute atomic E-state index is 13.4. The lowest BCUT2D eigenvalue weighted by Gasteiger charge is -2.20. The fraction of sp³-hybridized carbons (Fsp3) is 0.571. The lowest BCUT2D eigenvalue weighted by molar-refractivity contribution is -0.162. The van der Waals surface area contributed by atoms with E-state index in [0.717, 1.165) is 16.8 Å². The fourth-order valence-electron chi connectivity index (χ4n) is 3.17. The van der Waals surface area contributed by atoms with Gasteiger partial charge in [0.1, 0.15) is 10.6 Å². The van der Waals surface area contributed by atoms with Gasteiger partial charge in [0.25, 0.3) is 0 Å². The Hall–Kier alpha value is -1.51. The molecule has 0 aliphatic heterocycles. The van der Waals surface area contributed by atoms with Crippen LogP contribution in [-0.4, -0.2) is 27.0 Å². The molecule has 0 spiro atoms. The molecule has 2 fully saturated rings. The van der Waals surface area contributed by atoms with Crippen molar-refractivity contribution in [2.45, 2.75) is 48.9 Å². The van der Waals surface area contributed by atoms with Crippen LogP contribution in [0.3, 0.4) is 0 Å². The van der Waals surface area contributed by atoms with Gasteiger partial charge in [0.15, 0.2) is 5.65 Å². The zero-order valence-electron chi connectivity index (χ0n) is 12.0. The lowest BCUT2D eigenvalue weighted by atomic mass is 9.97. The Morgan fingerprint density at radius 1 is 0.958 bits per heavy atom. The van der Waals surface area contributed by atoms with Crippen molar-refractivity contribution in [2.75, 3.05) is 0 Å². The van der Waals surface area contributed by atoms with Gasteiger partial charge in [-0.2, -0.15) is 31.4 Å². The van der Waals surface area contributed by atoms with Crippen molar-refractivity contribution in [1.29, 1.82) is 0 Å². The highest BCUT2D eigenvalue weighted by Gasteiger charge is 2.67. The van der Waals surface area contributed by atoms with Gasteiger partial charge in [-0.15, -0.1) is 0 Å². The van der Waals surface area contributed by atoms with E-state index in [1.54, 1.807) is 0 Å². The first kappa shape index (κ1) is 16.0. The first-order valence-corrected chi connectivity index (χ1v) is 7.58. The number of imidazole rings is 1. The maximum atomic E-state index is 13.4. The molecule has 0 unspecified atom stereocenters.